The maximum absolute atomic E-state index is 5.89. The minimum atomic E-state index is 0.652. The van der Waals surface area contributed by atoms with Gasteiger partial charge in [-0.3, -0.25) is 9.67 Å². The molecule has 2 aromatic rings. The zero-order valence-corrected chi connectivity index (χ0v) is 14.8. The van der Waals surface area contributed by atoms with Gasteiger partial charge in [-0.05, 0) is 18.8 Å². The van der Waals surface area contributed by atoms with Crippen LogP contribution in [-0.4, -0.2) is 52.5 Å². The Bertz CT molecular complexity index is 688. The summed E-state index contributed by atoms with van der Waals surface area (Å²) in [5.41, 5.74) is 1.18. The topological polar surface area (TPSA) is 59.3 Å². The van der Waals surface area contributed by atoms with Crippen LogP contribution in [-0.2, 0) is 7.05 Å². The minimum absolute atomic E-state index is 0.652. The summed E-state index contributed by atoms with van der Waals surface area (Å²) in [4.78, 5) is 13.6. The molecule has 1 saturated carbocycles. The fourth-order valence-corrected chi connectivity index (χ4v) is 3.71. The summed E-state index contributed by atoms with van der Waals surface area (Å²) in [6.45, 7) is 4.54. The van der Waals surface area contributed by atoms with Gasteiger partial charge in [-0.1, -0.05) is 12.8 Å². The van der Waals surface area contributed by atoms with Gasteiger partial charge in [0.2, 0.25) is 5.88 Å². The van der Waals surface area contributed by atoms with Crippen LogP contribution in [0.5, 0.6) is 5.88 Å². The lowest BCUT2D eigenvalue weighted by atomic mass is 10.1. The first-order valence-corrected chi connectivity index (χ1v) is 9.21. The highest BCUT2D eigenvalue weighted by Gasteiger charge is 2.20. The highest BCUT2D eigenvalue weighted by Crippen LogP contribution is 2.25. The van der Waals surface area contributed by atoms with Gasteiger partial charge >= 0.3 is 0 Å². The van der Waals surface area contributed by atoms with Gasteiger partial charge in [-0.2, -0.15) is 10.1 Å². The van der Waals surface area contributed by atoms with E-state index >= 15 is 0 Å². The largest absolute Gasteiger partial charge is 0.476 e. The third-order valence-electron chi connectivity index (χ3n) is 5.20. The zero-order chi connectivity index (χ0) is 17.1. The molecule has 4 rings (SSSR count). The molecule has 7 nitrogen and oxygen atoms in total. The van der Waals surface area contributed by atoms with Crippen LogP contribution < -0.4 is 14.5 Å². The van der Waals surface area contributed by atoms with Gasteiger partial charge in [0.25, 0.3) is 0 Å². The number of nitrogens with zero attached hydrogens (tertiary/aromatic N) is 6. The predicted octanol–water partition coefficient (Wildman–Crippen LogP) is 2.11. The number of hydrogen-bond acceptors (Lipinski definition) is 6. The molecule has 0 N–H and O–H groups in total. The minimum Gasteiger partial charge on any atom is -0.476 e. The van der Waals surface area contributed by atoms with Crippen molar-refractivity contribution in [1.82, 2.24) is 19.7 Å². The van der Waals surface area contributed by atoms with Gasteiger partial charge in [-0.25, -0.2) is 0 Å². The van der Waals surface area contributed by atoms with E-state index < -0.39 is 0 Å². The Morgan fingerprint density at radius 2 is 1.80 bits per heavy atom. The van der Waals surface area contributed by atoms with Gasteiger partial charge in [0, 0.05) is 39.4 Å². The van der Waals surface area contributed by atoms with Crippen LogP contribution in [0, 0.1) is 5.92 Å². The van der Waals surface area contributed by atoms with Crippen molar-refractivity contribution in [3.05, 3.63) is 24.8 Å². The van der Waals surface area contributed by atoms with E-state index in [2.05, 4.69) is 31.1 Å². The number of piperazine rings is 1. The van der Waals surface area contributed by atoms with E-state index in [1.54, 1.807) is 6.20 Å². The zero-order valence-electron chi connectivity index (χ0n) is 14.8. The van der Waals surface area contributed by atoms with E-state index in [0.717, 1.165) is 38.6 Å². The molecule has 0 unspecified atom stereocenters. The molecule has 0 amide bonds. The molecule has 1 aliphatic heterocycles. The average Bonchev–Trinajstić information content (AvgIpc) is 3.32. The van der Waals surface area contributed by atoms with Crippen molar-refractivity contribution < 1.29 is 4.74 Å². The molecular formula is C18H26N6O. The molecule has 134 valence electrons. The van der Waals surface area contributed by atoms with Crippen LogP contribution in [0.1, 0.15) is 25.7 Å². The van der Waals surface area contributed by atoms with Crippen LogP contribution in [0.15, 0.2) is 24.8 Å². The molecule has 0 spiro atoms. The van der Waals surface area contributed by atoms with Gasteiger partial charge in [-0.15, -0.1) is 0 Å². The molecule has 0 atom stereocenters. The fraction of sp³-hybridized carbons (Fsp3) is 0.611. The Kier molecular flexibility index (Phi) is 4.72. The molecule has 1 aliphatic carbocycles. The smallest absolute Gasteiger partial charge is 0.234 e. The van der Waals surface area contributed by atoms with E-state index in [1.165, 1.54) is 31.4 Å². The third kappa shape index (κ3) is 3.86. The van der Waals surface area contributed by atoms with Gasteiger partial charge in [0.15, 0.2) is 5.82 Å². The first-order valence-electron chi connectivity index (χ1n) is 9.21. The average molecular weight is 342 g/mol. The Balaban J connectivity index is 1.33. The number of anilines is 2. The van der Waals surface area contributed by atoms with Crippen LogP contribution in [0.2, 0.25) is 0 Å². The van der Waals surface area contributed by atoms with Crippen LogP contribution in [0.4, 0.5) is 11.5 Å². The molecular weight excluding hydrogens is 316 g/mol. The third-order valence-corrected chi connectivity index (χ3v) is 5.20. The second-order valence-electron chi connectivity index (χ2n) is 7.02. The summed E-state index contributed by atoms with van der Waals surface area (Å²) in [5.74, 6) is 2.25. The number of rotatable bonds is 5. The van der Waals surface area contributed by atoms with Crippen molar-refractivity contribution in [3.63, 3.8) is 0 Å². The summed E-state index contributed by atoms with van der Waals surface area (Å²) in [7, 11) is 1.95. The maximum atomic E-state index is 5.89. The van der Waals surface area contributed by atoms with E-state index in [-0.39, 0.29) is 0 Å². The van der Waals surface area contributed by atoms with Crippen LogP contribution >= 0.6 is 0 Å². The fourth-order valence-electron chi connectivity index (χ4n) is 3.71. The molecule has 25 heavy (non-hydrogen) atoms. The highest BCUT2D eigenvalue weighted by atomic mass is 16.5. The summed E-state index contributed by atoms with van der Waals surface area (Å²) in [6.07, 6.45) is 12.8. The number of ether oxygens (including phenoxy) is 1. The quantitative estimate of drug-likeness (QED) is 0.829. The summed E-state index contributed by atoms with van der Waals surface area (Å²) >= 11 is 0. The molecule has 7 heteroatoms. The lowest BCUT2D eigenvalue weighted by Gasteiger charge is -2.35. The summed E-state index contributed by atoms with van der Waals surface area (Å²) in [5, 5.41) is 4.26. The van der Waals surface area contributed by atoms with Crippen molar-refractivity contribution in [2.24, 2.45) is 13.0 Å². The van der Waals surface area contributed by atoms with Crippen LogP contribution in [0.3, 0.4) is 0 Å². The maximum Gasteiger partial charge on any atom is 0.234 e. The van der Waals surface area contributed by atoms with E-state index in [1.807, 2.05) is 24.1 Å². The lowest BCUT2D eigenvalue weighted by Crippen LogP contribution is -2.46. The number of aryl methyl sites for hydroxylation is 1. The SMILES string of the molecule is Cn1cc(N2CCN(c3cncc(OCC4CCCC4)n3)CC2)cn1. The van der Waals surface area contributed by atoms with Gasteiger partial charge in [0.1, 0.15) is 0 Å². The lowest BCUT2D eigenvalue weighted by molar-refractivity contribution is 0.242. The molecule has 2 aliphatic rings. The molecule has 2 fully saturated rings. The first-order chi connectivity index (χ1) is 12.3. The van der Waals surface area contributed by atoms with Crippen molar-refractivity contribution in [1.29, 1.82) is 0 Å². The Hall–Kier alpha value is -2.31. The first kappa shape index (κ1) is 16.2. The van der Waals surface area contributed by atoms with E-state index in [4.69, 9.17) is 4.74 Å². The Morgan fingerprint density at radius 3 is 2.52 bits per heavy atom. The van der Waals surface area contributed by atoms with Crippen LogP contribution in [0.25, 0.3) is 0 Å². The van der Waals surface area contributed by atoms with Crippen molar-refractivity contribution in [2.45, 2.75) is 25.7 Å². The van der Waals surface area contributed by atoms with Gasteiger partial charge < -0.3 is 14.5 Å². The molecule has 1 saturated heterocycles. The standard InChI is InChI=1S/C18H26N6O/c1-22-13-16(10-20-22)23-6-8-24(9-7-23)17-11-19-12-18(21-17)25-14-15-4-2-3-5-15/h10-13,15H,2-9,14H2,1H3. The van der Waals surface area contributed by atoms with Crippen molar-refractivity contribution in [2.75, 3.05) is 42.6 Å². The Labute approximate surface area is 148 Å². The highest BCUT2D eigenvalue weighted by molar-refractivity contribution is 5.46. The normalized spacial score (nSPS) is 18.8. The van der Waals surface area contributed by atoms with Crippen molar-refractivity contribution >= 4 is 11.5 Å². The summed E-state index contributed by atoms with van der Waals surface area (Å²) in [6, 6.07) is 0. The second kappa shape index (κ2) is 7.29. The monoisotopic (exact) mass is 342 g/mol. The molecule has 2 aromatic heterocycles. The van der Waals surface area contributed by atoms with E-state index in [0.29, 0.717) is 11.8 Å². The molecule has 0 bridgehead atoms. The molecule has 0 aromatic carbocycles. The molecule has 0 radical (unpaired) electrons. The number of hydrogen-bond donors (Lipinski definition) is 0. The second-order valence-corrected chi connectivity index (χ2v) is 7.02. The Morgan fingerprint density at radius 1 is 1.04 bits per heavy atom. The number of aromatic nitrogens is 4. The van der Waals surface area contributed by atoms with Gasteiger partial charge in [0.05, 0.1) is 30.9 Å². The predicted molar refractivity (Wildman–Crippen MR) is 97.1 cm³/mol. The van der Waals surface area contributed by atoms with E-state index in [9.17, 15) is 0 Å². The molecule has 3 heterocycles. The van der Waals surface area contributed by atoms with Crippen molar-refractivity contribution in [3.8, 4) is 5.88 Å². The summed E-state index contributed by atoms with van der Waals surface area (Å²) < 4.78 is 7.74.